The van der Waals surface area contributed by atoms with Gasteiger partial charge in [0.2, 0.25) is 11.8 Å². The summed E-state index contributed by atoms with van der Waals surface area (Å²) in [6, 6.07) is 11.3. The van der Waals surface area contributed by atoms with Crippen molar-refractivity contribution in [3.05, 3.63) is 48.2 Å². The van der Waals surface area contributed by atoms with E-state index in [1.54, 1.807) is 6.20 Å². The fourth-order valence-electron chi connectivity index (χ4n) is 5.36. The topological polar surface area (TPSA) is 128 Å². The molecule has 1 amide bonds. The molecule has 1 aliphatic carbocycles. The first-order chi connectivity index (χ1) is 18.7. The van der Waals surface area contributed by atoms with Crippen LogP contribution in [0.2, 0.25) is 12.1 Å². The zero-order chi connectivity index (χ0) is 27.8. The summed E-state index contributed by atoms with van der Waals surface area (Å²) in [4.78, 5) is 24.3. The fraction of sp³-hybridized carbons (Fsp3) is 0.552. The van der Waals surface area contributed by atoms with E-state index in [1.807, 2.05) is 57.2 Å². The molecule has 39 heavy (non-hydrogen) atoms. The number of para-hydroxylation sites is 1. The normalized spacial score (nSPS) is 16.7. The maximum absolute atomic E-state index is 13.0. The first-order valence-corrected chi connectivity index (χ1v) is 14.2. The van der Waals surface area contributed by atoms with Gasteiger partial charge in [-0.3, -0.25) is 4.79 Å². The summed E-state index contributed by atoms with van der Waals surface area (Å²) in [6.45, 7) is 7.42. The van der Waals surface area contributed by atoms with Crippen molar-refractivity contribution < 1.29 is 14.3 Å². The van der Waals surface area contributed by atoms with Gasteiger partial charge >= 0.3 is 0 Å². The van der Waals surface area contributed by atoms with Crippen molar-refractivity contribution >= 4 is 24.4 Å². The van der Waals surface area contributed by atoms with Gasteiger partial charge in [-0.05, 0) is 45.0 Å². The van der Waals surface area contributed by atoms with Crippen LogP contribution < -0.4 is 21.5 Å². The van der Waals surface area contributed by atoms with Gasteiger partial charge in [-0.2, -0.15) is 0 Å². The fourth-order valence-corrected chi connectivity index (χ4v) is 5.36. The number of amides is 1. The number of aliphatic imine (C=N–C) groups is 1. The monoisotopic (exact) mass is 534 g/mol. The Morgan fingerprint density at radius 1 is 1.21 bits per heavy atom. The van der Waals surface area contributed by atoms with Gasteiger partial charge in [0.25, 0.3) is 6.85 Å². The molecule has 1 aliphatic heterocycles. The Morgan fingerprint density at radius 3 is 2.64 bits per heavy atom. The van der Waals surface area contributed by atoms with Gasteiger partial charge in [0.15, 0.2) is 5.96 Å². The second-order valence-corrected chi connectivity index (χ2v) is 11.6. The number of guanidine groups is 1. The quantitative estimate of drug-likeness (QED) is 0.359. The van der Waals surface area contributed by atoms with Crippen molar-refractivity contribution in [2.75, 3.05) is 13.2 Å². The van der Waals surface area contributed by atoms with Gasteiger partial charge in [-0.15, -0.1) is 0 Å². The number of nitrogens with two attached hydrogens (primary N) is 2. The van der Waals surface area contributed by atoms with Gasteiger partial charge in [0.05, 0.1) is 30.1 Å². The number of rotatable bonds is 11. The Hall–Kier alpha value is -3.11. The number of nitrogens with one attached hydrogen (secondary N) is 1. The summed E-state index contributed by atoms with van der Waals surface area (Å²) >= 11 is 0. The van der Waals surface area contributed by atoms with Crippen molar-refractivity contribution in [2.45, 2.75) is 89.6 Å². The summed E-state index contributed by atoms with van der Waals surface area (Å²) < 4.78 is 11.8. The van der Waals surface area contributed by atoms with Crippen LogP contribution in [-0.2, 0) is 16.1 Å². The molecule has 1 aromatic carbocycles. The zero-order valence-electron chi connectivity index (χ0n) is 23.6. The van der Waals surface area contributed by atoms with Gasteiger partial charge in [0.1, 0.15) is 5.75 Å². The van der Waals surface area contributed by atoms with E-state index in [4.69, 9.17) is 25.9 Å². The largest absolute Gasteiger partial charge is 0.439 e. The van der Waals surface area contributed by atoms with Gasteiger partial charge in [0, 0.05) is 31.1 Å². The van der Waals surface area contributed by atoms with Crippen LogP contribution in [0.4, 0.5) is 5.69 Å². The molecule has 0 spiro atoms. The second kappa shape index (κ2) is 13.3. The van der Waals surface area contributed by atoms with Crippen LogP contribution in [-0.4, -0.2) is 53.3 Å². The van der Waals surface area contributed by atoms with Gasteiger partial charge in [-0.25, -0.2) is 9.98 Å². The zero-order valence-corrected chi connectivity index (χ0v) is 23.6. The number of benzene rings is 1. The van der Waals surface area contributed by atoms with E-state index in [9.17, 15) is 4.79 Å². The number of aromatic nitrogens is 1. The van der Waals surface area contributed by atoms with E-state index >= 15 is 0 Å². The van der Waals surface area contributed by atoms with Crippen LogP contribution >= 0.6 is 0 Å². The molecule has 0 unspecified atom stereocenters. The highest BCUT2D eigenvalue weighted by atomic mass is 16.5. The molecule has 0 radical (unpaired) electrons. The number of hydrogen-bond acceptors (Lipinski definition) is 8. The molecule has 5 N–H and O–H groups in total. The Kier molecular flexibility index (Phi) is 9.86. The highest BCUT2D eigenvalue weighted by molar-refractivity contribution is 6.60. The summed E-state index contributed by atoms with van der Waals surface area (Å²) in [5.41, 5.74) is 13.9. The van der Waals surface area contributed by atoms with Crippen LogP contribution in [0.25, 0.3) is 0 Å². The maximum Gasteiger partial charge on any atom is 0.262 e. The molecule has 4 rings (SSSR count). The maximum atomic E-state index is 13.0. The molecule has 10 heteroatoms. The third-order valence-electron chi connectivity index (χ3n) is 7.41. The number of nitrogens with zero attached hydrogens (tertiary/aromatic N) is 3. The third-order valence-corrected chi connectivity index (χ3v) is 7.41. The molecule has 2 heterocycles. The van der Waals surface area contributed by atoms with E-state index in [1.165, 1.54) is 19.3 Å². The Morgan fingerprint density at radius 2 is 1.95 bits per heavy atom. The highest BCUT2D eigenvalue weighted by Gasteiger charge is 2.36. The van der Waals surface area contributed by atoms with Crippen molar-refractivity contribution in [1.82, 2.24) is 15.1 Å². The first kappa shape index (κ1) is 28.9. The summed E-state index contributed by atoms with van der Waals surface area (Å²) in [5.74, 6) is 2.18. The molecular formula is C29H43BN6O3. The molecule has 1 atom stereocenters. The predicted octanol–water partition coefficient (Wildman–Crippen LogP) is 4.61. The van der Waals surface area contributed by atoms with Crippen molar-refractivity contribution in [1.29, 1.82) is 0 Å². The molecule has 2 aliphatic rings. The molecule has 9 nitrogen and oxygen atoms in total. The Balaban J connectivity index is 1.45. The van der Waals surface area contributed by atoms with Crippen LogP contribution in [0.15, 0.2) is 47.6 Å². The van der Waals surface area contributed by atoms with E-state index in [0.29, 0.717) is 50.1 Å². The second-order valence-electron chi connectivity index (χ2n) is 11.6. The van der Waals surface area contributed by atoms with Crippen molar-refractivity contribution in [2.24, 2.45) is 16.5 Å². The molecule has 210 valence electrons. The minimum Gasteiger partial charge on any atom is -0.439 e. The molecule has 1 saturated carbocycles. The van der Waals surface area contributed by atoms with Crippen LogP contribution in [0.5, 0.6) is 11.6 Å². The Bertz CT molecular complexity index is 1120. The van der Waals surface area contributed by atoms with E-state index < -0.39 is 0 Å². The standard InChI is InChI=1S/C29H43BN6O3/c1-29(2,3)38-20-23(17-31)34-26(37)14-15-30(22-10-6-4-7-11-22)36-19-21-16-27(33-18-25(21)35-28(36)32)39-24-12-8-5-9-13-24/h5,8-9,12-13,16,18,22-23H,4,6-7,10-11,14-15,17,19-20,31H2,1-3H3,(H2,32,35)(H,34,37)/t23-/m0/s1. The lowest BCUT2D eigenvalue weighted by atomic mass is 9.43. The molecular weight excluding hydrogens is 491 g/mol. The van der Waals surface area contributed by atoms with Crippen LogP contribution in [0, 0.1) is 0 Å². The van der Waals surface area contributed by atoms with E-state index in [0.717, 1.165) is 29.8 Å². The lowest BCUT2D eigenvalue weighted by Gasteiger charge is -2.39. The molecule has 2 aromatic rings. The number of hydrogen-bond donors (Lipinski definition) is 3. The highest BCUT2D eigenvalue weighted by Crippen LogP contribution is 2.37. The SMILES string of the molecule is CC(C)(C)OC[C@H](CN)NC(=O)CCB(C1CCCCC1)N1Cc2cc(Oc3ccccc3)ncc2N=C1N. The van der Waals surface area contributed by atoms with Crippen LogP contribution in [0.1, 0.15) is 64.9 Å². The van der Waals surface area contributed by atoms with E-state index in [-0.39, 0.29) is 24.4 Å². The minimum absolute atomic E-state index is 0.0144. The van der Waals surface area contributed by atoms with Crippen molar-refractivity contribution in [3.8, 4) is 11.6 Å². The lowest BCUT2D eigenvalue weighted by Crippen LogP contribution is -2.51. The number of carbonyl (C=O) groups is 1. The predicted molar refractivity (Wildman–Crippen MR) is 156 cm³/mol. The molecule has 1 fully saturated rings. The third kappa shape index (κ3) is 8.44. The van der Waals surface area contributed by atoms with Gasteiger partial charge in [-0.1, -0.05) is 50.3 Å². The average molecular weight is 535 g/mol. The summed E-state index contributed by atoms with van der Waals surface area (Å²) in [5, 5.41) is 3.06. The number of carbonyl (C=O) groups excluding carboxylic acids is 1. The molecule has 0 bridgehead atoms. The Labute approximate surface area is 232 Å². The average Bonchev–Trinajstić information content (AvgIpc) is 2.92. The smallest absolute Gasteiger partial charge is 0.262 e. The summed E-state index contributed by atoms with van der Waals surface area (Å²) in [6.07, 6.45) is 8.72. The van der Waals surface area contributed by atoms with Crippen LogP contribution in [0.3, 0.4) is 0 Å². The molecule has 0 saturated heterocycles. The molecule has 1 aromatic heterocycles. The summed E-state index contributed by atoms with van der Waals surface area (Å²) in [7, 11) is 0. The number of pyridine rings is 1. The first-order valence-electron chi connectivity index (χ1n) is 14.2. The lowest BCUT2D eigenvalue weighted by molar-refractivity contribution is -0.122. The van der Waals surface area contributed by atoms with Crippen molar-refractivity contribution in [3.63, 3.8) is 0 Å². The van der Waals surface area contributed by atoms with Gasteiger partial charge < -0.3 is 31.1 Å². The number of fused-ring (bicyclic) bond motifs is 1. The minimum atomic E-state index is -0.285. The van der Waals surface area contributed by atoms with E-state index in [2.05, 4.69) is 15.1 Å². The number of ether oxygens (including phenoxy) is 2.